The molecule has 29 heavy (non-hydrogen) atoms. The Bertz CT molecular complexity index is 804. The SMILES string of the molecule is CCOc1cc(CNC(CCSC)C(=O)O)cc(Br)c1OCc1ccc(Cl)cc1. The second kappa shape index (κ2) is 12.3. The lowest BCUT2D eigenvalue weighted by atomic mass is 10.1. The minimum Gasteiger partial charge on any atom is -0.490 e. The maximum Gasteiger partial charge on any atom is 0.320 e. The van der Waals surface area contributed by atoms with Crippen LogP contribution in [0.2, 0.25) is 5.02 Å². The lowest BCUT2D eigenvalue weighted by Crippen LogP contribution is -2.36. The summed E-state index contributed by atoms with van der Waals surface area (Å²) in [6, 6.07) is 10.7. The number of nitrogens with one attached hydrogen (secondary N) is 1. The molecule has 0 fully saturated rings. The largest absolute Gasteiger partial charge is 0.490 e. The first-order chi connectivity index (χ1) is 13.9. The van der Waals surface area contributed by atoms with Crippen molar-refractivity contribution in [3.05, 3.63) is 57.0 Å². The van der Waals surface area contributed by atoms with Crippen LogP contribution in [0.5, 0.6) is 11.5 Å². The molecule has 1 unspecified atom stereocenters. The van der Waals surface area contributed by atoms with Gasteiger partial charge in [0.15, 0.2) is 11.5 Å². The summed E-state index contributed by atoms with van der Waals surface area (Å²) in [5.41, 5.74) is 1.90. The Morgan fingerprint density at radius 1 is 1.24 bits per heavy atom. The summed E-state index contributed by atoms with van der Waals surface area (Å²) in [5, 5.41) is 13.2. The first-order valence-electron chi connectivity index (χ1n) is 9.22. The fourth-order valence-corrected chi connectivity index (χ4v) is 3.85. The second-order valence-corrected chi connectivity index (χ2v) is 8.58. The van der Waals surface area contributed by atoms with Gasteiger partial charge in [0, 0.05) is 11.6 Å². The number of hydrogen-bond donors (Lipinski definition) is 2. The summed E-state index contributed by atoms with van der Waals surface area (Å²) >= 11 is 11.1. The van der Waals surface area contributed by atoms with E-state index in [0.29, 0.717) is 42.7 Å². The third-order valence-electron chi connectivity index (χ3n) is 4.13. The van der Waals surface area contributed by atoms with Crippen LogP contribution in [-0.2, 0) is 17.9 Å². The number of halogens is 2. The molecule has 0 saturated carbocycles. The van der Waals surface area contributed by atoms with E-state index in [0.717, 1.165) is 21.4 Å². The molecule has 0 aliphatic carbocycles. The second-order valence-electron chi connectivity index (χ2n) is 6.31. The molecule has 8 heteroatoms. The highest BCUT2D eigenvalue weighted by Gasteiger charge is 2.18. The summed E-state index contributed by atoms with van der Waals surface area (Å²) in [6.45, 7) is 3.20. The third-order valence-corrected chi connectivity index (χ3v) is 5.61. The molecule has 2 aromatic carbocycles. The van der Waals surface area contributed by atoms with Crippen LogP contribution in [0, 0.1) is 0 Å². The number of carboxylic acids is 1. The van der Waals surface area contributed by atoms with Crippen molar-refractivity contribution in [2.75, 3.05) is 18.6 Å². The number of carboxylic acid groups (broad SMARTS) is 1. The molecule has 2 aromatic rings. The summed E-state index contributed by atoms with van der Waals surface area (Å²) in [5.74, 6) is 1.17. The Morgan fingerprint density at radius 2 is 1.97 bits per heavy atom. The van der Waals surface area contributed by atoms with Crippen molar-refractivity contribution in [2.45, 2.75) is 32.5 Å². The van der Waals surface area contributed by atoms with E-state index in [2.05, 4.69) is 21.2 Å². The zero-order chi connectivity index (χ0) is 21.2. The van der Waals surface area contributed by atoms with Crippen molar-refractivity contribution in [3.8, 4) is 11.5 Å². The Kier molecular flexibility index (Phi) is 10.1. The number of hydrogen-bond acceptors (Lipinski definition) is 5. The van der Waals surface area contributed by atoms with Crippen molar-refractivity contribution >= 4 is 45.3 Å². The number of rotatable bonds is 12. The van der Waals surface area contributed by atoms with E-state index in [1.807, 2.05) is 49.6 Å². The van der Waals surface area contributed by atoms with Crippen LogP contribution in [0.25, 0.3) is 0 Å². The molecule has 0 saturated heterocycles. The van der Waals surface area contributed by atoms with E-state index in [-0.39, 0.29) is 0 Å². The number of aliphatic carboxylic acids is 1. The number of ether oxygens (including phenoxy) is 2. The molecule has 2 rings (SSSR count). The van der Waals surface area contributed by atoms with Crippen molar-refractivity contribution in [1.82, 2.24) is 5.32 Å². The zero-order valence-electron chi connectivity index (χ0n) is 16.4. The van der Waals surface area contributed by atoms with Gasteiger partial charge in [0.05, 0.1) is 11.1 Å². The van der Waals surface area contributed by atoms with Gasteiger partial charge in [-0.05, 0) is 76.7 Å². The van der Waals surface area contributed by atoms with Crippen LogP contribution in [0.1, 0.15) is 24.5 Å². The van der Waals surface area contributed by atoms with Gasteiger partial charge in [-0.3, -0.25) is 4.79 Å². The minimum atomic E-state index is -0.842. The lowest BCUT2D eigenvalue weighted by molar-refractivity contribution is -0.139. The summed E-state index contributed by atoms with van der Waals surface area (Å²) < 4.78 is 12.5. The van der Waals surface area contributed by atoms with E-state index in [1.165, 1.54) is 0 Å². The van der Waals surface area contributed by atoms with Crippen molar-refractivity contribution in [1.29, 1.82) is 0 Å². The Labute approximate surface area is 189 Å². The van der Waals surface area contributed by atoms with Gasteiger partial charge < -0.3 is 19.9 Å². The minimum absolute atomic E-state index is 0.378. The van der Waals surface area contributed by atoms with Gasteiger partial charge in [-0.25, -0.2) is 0 Å². The summed E-state index contributed by atoms with van der Waals surface area (Å²) in [6.07, 6.45) is 2.53. The predicted molar refractivity (Wildman–Crippen MR) is 122 cm³/mol. The van der Waals surface area contributed by atoms with Gasteiger partial charge >= 0.3 is 5.97 Å². The van der Waals surface area contributed by atoms with Crippen LogP contribution >= 0.6 is 39.3 Å². The molecule has 5 nitrogen and oxygen atoms in total. The Balaban J connectivity index is 2.11. The Hall–Kier alpha value is -1.41. The zero-order valence-corrected chi connectivity index (χ0v) is 19.6. The molecule has 0 aliphatic heterocycles. The van der Waals surface area contributed by atoms with Crippen LogP contribution in [-0.4, -0.2) is 35.7 Å². The topological polar surface area (TPSA) is 67.8 Å². The van der Waals surface area contributed by atoms with E-state index in [1.54, 1.807) is 11.8 Å². The molecule has 158 valence electrons. The standard InChI is InChI=1S/C21H25BrClNO4S/c1-3-27-19-11-15(12-24-18(21(25)26)8-9-29-2)10-17(22)20(19)28-13-14-4-6-16(23)7-5-14/h4-7,10-11,18,24H,3,8-9,12-13H2,1-2H3,(H,25,26). The van der Waals surface area contributed by atoms with Gasteiger partial charge in [-0.2, -0.15) is 11.8 Å². The molecular formula is C21H25BrClNO4S. The fourth-order valence-electron chi connectivity index (χ4n) is 2.65. The van der Waals surface area contributed by atoms with Crippen molar-refractivity contribution in [3.63, 3.8) is 0 Å². The van der Waals surface area contributed by atoms with Crippen LogP contribution in [0.15, 0.2) is 40.9 Å². The van der Waals surface area contributed by atoms with Crippen molar-refractivity contribution < 1.29 is 19.4 Å². The number of carbonyl (C=O) groups is 1. The number of benzene rings is 2. The third kappa shape index (κ3) is 7.74. The van der Waals surface area contributed by atoms with Gasteiger partial charge in [-0.1, -0.05) is 23.7 Å². The normalized spacial score (nSPS) is 11.9. The highest BCUT2D eigenvalue weighted by Crippen LogP contribution is 2.37. The highest BCUT2D eigenvalue weighted by molar-refractivity contribution is 9.10. The lowest BCUT2D eigenvalue weighted by Gasteiger charge is -2.17. The highest BCUT2D eigenvalue weighted by atomic mass is 79.9. The van der Waals surface area contributed by atoms with E-state index in [9.17, 15) is 9.90 Å². The molecule has 2 N–H and O–H groups in total. The Morgan fingerprint density at radius 3 is 2.59 bits per heavy atom. The van der Waals surface area contributed by atoms with Crippen LogP contribution in [0.3, 0.4) is 0 Å². The first kappa shape index (κ1) is 23.9. The monoisotopic (exact) mass is 501 g/mol. The maximum atomic E-state index is 11.4. The van der Waals surface area contributed by atoms with Gasteiger partial charge in [0.25, 0.3) is 0 Å². The fraction of sp³-hybridized carbons (Fsp3) is 0.381. The molecule has 0 radical (unpaired) electrons. The quantitative estimate of drug-likeness (QED) is 0.406. The van der Waals surface area contributed by atoms with Crippen molar-refractivity contribution in [2.24, 2.45) is 0 Å². The van der Waals surface area contributed by atoms with Crippen LogP contribution in [0.4, 0.5) is 0 Å². The molecular weight excluding hydrogens is 478 g/mol. The smallest absolute Gasteiger partial charge is 0.320 e. The molecule has 0 spiro atoms. The molecule has 0 bridgehead atoms. The molecule has 0 amide bonds. The average molecular weight is 503 g/mol. The average Bonchev–Trinajstić information content (AvgIpc) is 2.68. The molecule has 1 atom stereocenters. The predicted octanol–water partition coefficient (Wildman–Crippen LogP) is 5.38. The van der Waals surface area contributed by atoms with E-state index in [4.69, 9.17) is 21.1 Å². The molecule has 0 heterocycles. The number of thioether (sulfide) groups is 1. The van der Waals surface area contributed by atoms with Gasteiger partial charge in [-0.15, -0.1) is 0 Å². The van der Waals surface area contributed by atoms with E-state index < -0.39 is 12.0 Å². The summed E-state index contributed by atoms with van der Waals surface area (Å²) in [7, 11) is 0. The van der Waals surface area contributed by atoms with Gasteiger partial charge in [0.1, 0.15) is 12.6 Å². The molecule has 0 aliphatic rings. The van der Waals surface area contributed by atoms with Crippen LogP contribution < -0.4 is 14.8 Å². The molecule has 0 aromatic heterocycles. The summed E-state index contributed by atoms with van der Waals surface area (Å²) in [4.78, 5) is 11.4. The van der Waals surface area contributed by atoms with Gasteiger partial charge in [0.2, 0.25) is 0 Å². The maximum absolute atomic E-state index is 11.4. The first-order valence-corrected chi connectivity index (χ1v) is 11.8. The van der Waals surface area contributed by atoms with E-state index >= 15 is 0 Å².